The van der Waals surface area contributed by atoms with Crippen molar-refractivity contribution in [3.05, 3.63) is 87.3 Å². The molecule has 172 valence electrons. The molecule has 2 N–H and O–H groups in total. The highest BCUT2D eigenvalue weighted by atomic mass is 35.5. The van der Waals surface area contributed by atoms with E-state index in [9.17, 15) is 13.6 Å². The number of hydrogen-bond acceptors (Lipinski definition) is 4. The van der Waals surface area contributed by atoms with Gasteiger partial charge in [0.15, 0.2) is 0 Å². The Morgan fingerprint density at radius 1 is 1.12 bits per heavy atom. The topological polar surface area (TPSA) is 88.5 Å². The molecule has 11 heteroatoms. The quantitative estimate of drug-likeness (QED) is 0.335. The second kappa shape index (κ2) is 9.00. The van der Waals surface area contributed by atoms with Gasteiger partial charge in [-0.15, -0.1) is 0 Å². The largest absolute Gasteiger partial charge is 0.348 e. The van der Waals surface area contributed by atoms with E-state index in [1.165, 1.54) is 23.1 Å². The van der Waals surface area contributed by atoms with Crippen molar-refractivity contribution in [1.29, 1.82) is 0 Å². The van der Waals surface area contributed by atoms with Crippen LogP contribution in [0.4, 0.5) is 8.78 Å². The number of pyridine rings is 2. The van der Waals surface area contributed by atoms with Crippen molar-refractivity contribution < 1.29 is 13.6 Å². The summed E-state index contributed by atoms with van der Waals surface area (Å²) in [5.41, 5.74) is 2.23. The smallest absolute Gasteiger partial charge is 0.255 e. The second-order valence-corrected chi connectivity index (χ2v) is 8.53. The molecule has 0 radical (unpaired) electrons. The Balaban J connectivity index is 1.34. The number of halogens is 4. The molecule has 0 fully saturated rings. The van der Waals surface area contributed by atoms with Crippen molar-refractivity contribution in [3.8, 4) is 0 Å². The van der Waals surface area contributed by atoms with Crippen molar-refractivity contribution in [2.24, 2.45) is 0 Å². The molecule has 0 spiro atoms. The fourth-order valence-electron chi connectivity index (χ4n) is 3.73. The molecular formula is C23H16Cl2F2N6O. The number of aromatic amines is 1. The Morgan fingerprint density at radius 3 is 2.79 bits per heavy atom. The minimum absolute atomic E-state index is 0.00858. The van der Waals surface area contributed by atoms with Crippen LogP contribution in [0.25, 0.3) is 21.9 Å². The zero-order valence-electron chi connectivity index (χ0n) is 17.4. The second-order valence-electron chi connectivity index (χ2n) is 7.68. The third-order valence-corrected chi connectivity index (χ3v) is 5.83. The van der Waals surface area contributed by atoms with Crippen molar-refractivity contribution in [2.45, 2.75) is 19.8 Å². The van der Waals surface area contributed by atoms with E-state index in [1.807, 2.05) is 6.07 Å². The standard InChI is InChI=1S/C23H16Cl2F2N6O/c24-15-4-14-1-12(3-19(27)21(14)28-8-15)10-33-11-17(20(5-26)32-33)23(34)31-7-13-2-16-18(25)9-30-22(16)29-6-13/h1-4,6,8-9,11H,5,7,10H2,(H,29,30)(H,31,34). The number of aromatic nitrogens is 5. The van der Waals surface area contributed by atoms with Gasteiger partial charge in [-0.2, -0.15) is 5.10 Å². The molecular weight excluding hydrogens is 485 g/mol. The molecule has 1 aromatic carbocycles. The highest BCUT2D eigenvalue weighted by Gasteiger charge is 2.17. The maximum atomic E-state index is 14.4. The third-order valence-electron chi connectivity index (χ3n) is 5.31. The Hall–Kier alpha value is -3.56. The van der Waals surface area contributed by atoms with Crippen molar-refractivity contribution in [3.63, 3.8) is 0 Å². The van der Waals surface area contributed by atoms with Crippen LogP contribution in [0.3, 0.4) is 0 Å². The van der Waals surface area contributed by atoms with E-state index >= 15 is 0 Å². The average molecular weight is 501 g/mol. The van der Waals surface area contributed by atoms with E-state index in [4.69, 9.17) is 23.2 Å². The summed E-state index contributed by atoms with van der Waals surface area (Å²) in [4.78, 5) is 23.9. The van der Waals surface area contributed by atoms with Crippen LogP contribution in [-0.4, -0.2) is 30.6 Å². The van der Waals surface area contributed by atoms with Gasteiger partial charge in [-0.1, -0.05) is 23.2 Å². The maximum Gasteiger partial charge on any atom is 0.255 e. The van der Waals surface area contributed by atoms with E-state index < -0.39 is 18.4 Å². The molecule has 4 aromatic heterocycles. The SMILES string of the molecule is O=C(NCc1cnc2[nH]cc(Cl)c2c1)c1cn(Cc2cc(F)c3ncc(Cl)cc3c2)nc1CF. The molecule has 0 atom stereocenters. The maximum absolute atomic E-state index is 14.4. The summed E-state index contributed by atoms with van der Waals surface area (Å²) >= 11 is 12.1. The third kappa shape index (κ3) is 4.32. The highest BCUT2D eigenvalue weighted by molar-refractivity contribution is 6.35. The van der Waals surface area contributed by atoms with Crippen molar-refractivity contribution >= 4 is 51.0 Å². The van der Waals surface area contributed by atoms with Crippen LogP contribution in [0.1, 0.15) is 27.2 Å². The number of H-pyrrole nitrogens is 1. The zero-order valence-corrected chi connectivity index (χ0v) is 19.0. The van der Waals surface area contributed by atoms with Crippen LogP contribution in [-0.2, 0) is 19.8 Å². The van der Waals surface area contributed by atoms with Gasteiger partial charge in [0.2, 0.25) is 0 Å². The van der Waals surface area contributed by atoms with Gasteiger partial charge < -0.3 is 10.3 Å². The summed E-state index contributed by atoms with van der Waals surface area (Å²) in [7, 11) is 0. The fourth-order valence-corrected chi connectivity index (χ4v) is 4.10. The Kier molecular flexibility index (Phi) is 5.89. The molecule has 0 aliphatic heterocycles. The molecule has 0 saturated carbocycles. The first-order valence-corrected chi connectivity index (χ1v) is 10.9. The first-order valence-electron chi connectivity index (χ1n) is 10.2. The number of hydrogen-bond donors (Lipinski definition) is 2. The minimum Gasteiger partial charge on any atom is -0.348 e. The lowest BCUT2D eigenvalue weighted by molar-refractivity contribution is 0.0949. The Labute approximate surface area is 201 Å². The molecule has 7 nitrogen and oxygen atoms in total. The summed E-state index contributed by atoms with van der Waals surface area (Å²) < 4.78 is 29.4. The van der Waals surface area contributed by atoms with E-state index in [-0.39, 0.29) is 29.9 Å². The average Bonchev–Trinajstić information content (AvgIpc) is 3.40. The molecule has 34 heavy (non-hydrogen) atoms. The number of alkyl halides is 1. The number of nitrogens with one attached hydrogen (secondary N) is 2. The summed E-state index contributed by atoms with van der Waals surface area (Å²) in [5.74, 6) is -0.993. The summed E-state index contributed by atoms with van der Waals surface area (Å²) in [6, 6.07) is 6.48. The predicted molar refractivity (Wildman–Crippen MR) is 125 cm³/mol. The number of rotatable bonds is 6. The normalized spacial score (nSPS) is 11.4. The lowest BCUT2D eigenvalue weighted by Gasteiger charge is -2.06. The molecule has 0 aliphatic rings. The van der Waals surface area contributed by atoms with Crippen LogP contribution in [0, 0.1) is 5.82 Å². The van der Waals surface area contributed by atoms with E-state index in [2.05, 4.69) is 25.4 Å². The molecule has 0 unspecified atom stereocenters. The van der Waals surface area contributed by atoms with Crippen LogP contribution < -0.4 is 5.32 Å². The van der Waals surface area contributed by atoms with Gasteiger partial charge in [0.05, 0.1) is 22.2 Å². The van der Waals surface area contributed by atoms with Gasteiger partial charge in [0, 0.05) is 42.1 Å². The fraction of sp³-hybridized carbons (Fsp3) is 0.130. The monoisotopic (exact) mass is 500 g/mol. The van der Waals surface area contributed by atoms with Crippen LogP contribution >= 0.6 is 23.2 Å². The molecule has 1 amide bonds. The number of carbonyl (C=O) groups excluding carboxylic acids is 1. The van der Waals surface area contributed by atoms with Crippen LogP contribution in [0.2, 0.25) is 10.0 Å². The van der Waals surface area contributed by atoms with Gasteiger partial charge in [-0.3, -0.25) is 14.5 Å². The van der Waals surface area contributed by atoms with Gasteiger partial charge in [0.1, 0.15) is 29.3 Å². The first kappa shape index (κ1) is 22.2. The number of amides is 1. The lowest BCUT2D eigenvalue weighted by atomic mass is 10.1. The number of fused-ring (bicyclic) bond motifs is 2. The number of nitrogens with zero attached hydrogens (tertiary/aromatic N) is 4. The minimum atomic E-state index is -0.923. The number of benzene rings is 1. The Bertz CT molecular complexity index is 1550. The van der Waals surface area contributed by atoms with E-state index in [0.29, 0.717) is 26.6 Å². The van der Waals surface area contributed by atoms with Gasteiger partial charge in [-0.05, 0) is 35.4 Å². The lowest BCUT2D eigenvalue weighted by Crippen LogP contribution is -2.23. The molecule has 0 saturated heterocycles. The van der Waals surface area contributed by atoms with E-state index in [1.54, 1.807) is 24.5 Å². The first-order chi connectivity index (χ1) is 16.4. The molecule has 0 aliphatic carbocycles. The summed E-state index contributed by atoms with van der Waals surface area (Å²) in [6.45, 7) is -0.621. The van der Waals surface area contributed by atoms with Crippen molar-refractivity contribution in [2.75, 3.05) is 0 Å². The molecule has 4 heterocycles. The zero-order chi connectivity index (χ0) is 23.8. The van der Waals surface area contributed by atoms with Gasteiger partial charge in [-0.25, -0.2) is 13.8 Å². The number of carbonyl (C=O) groups is 1. The van der Waals surface area contributed by atoms with Crippen LogP contribution in [0.5, 0.6) is 0 Å². The summed E-state index contributed by atoms with van der Waals surface area (Å²) in [5, 5.41) is 9.09. The van der Waals surface area contributed by atoms with E-state index in [0.717, 1.165) is 10.9 Å². The van der Waals surface area contributed by atoms with Gasteiger partial charge >= 0.3 is 0 Å². The molecule has 5 rings (SSSR count). The molecule has 0 bridgehead atoms. The summed E-state index contributed by atoms with van der Waals surface area (Å²) in [6.07, 6.45) is 6.06. The predicted octanol–water partition coefficient (Wildman–Crippen LogP) is 5.20. The molecule has 5 aromatic rings. The van der Waals surface area contributed by atoms with Crippen molar-refractivity contribution in [1.82, 2.24) is 30.0 Å². The highest BCUT2D eigenvalue weighted by Crippen LogP contribution is 2.23. The van der Waals surface area contributed by atoms with Crippen LogP contribution in [0.15, 0.2) is 49.1 Å². The Morgan fingerprint density at radius 2 is 1.97 bits per heavy atom. The van der Waals surface area contributed by atoms with Gasteiger partial charge in [0.25, 0.3) is 5.91 Å².